The van der Waals surface area contributed by atoms with Crippen molar-refractivity contribution >= 4 is 22.3 Å². The van der Waals surface area contributed by atoms with Crippen molar-refractivity contribution in [1.29, 1.82) is 0 Å². The lowest BCUT2D eigenvalue weighted by Gasteiger charge is -2.30. The number of nitrogens with zero attached hydrogens (tertiary/aromatic N) is 4. The van der Waals surface area contributed by atoms with E-state index >= 15 is 0 Å². The maximum Gasteiger partial charge on any atom is 0.128 e. The Kier molecular flexibility index (Phi) is 2.39. The number of anilines is 2. The third-order valence-electron chi connectivity index (χ3n) is 3.89. The SMILES string of the molecule is Nc1c(N2CCn3ccnc3C2)ccc2ncccc12. The van der Waals surface area contributed by atoms with Gasteiger partial charge in [0.25, 0.3) is 0 Å². The first kappa shape index (κ1) is 11.3. The molecule has 0 saturated carbocycles. The summed E-state index contributed by atoms with van der Waals surface area (Å²) in [4.78, 5) is 11.0. The van der Waals surface area contributed by atoms with E-state index in [1.807, 2.05) is 30.6 Å². The number of hydrogen-bond acceptors (Lipinski definition) is 4. The Balaban J connectivity index is 1.78. The lowest BCUT2D eigenvalue weighted by Crippen LogP contribution is -2.34. The van der Waals surface area contributed by atoms with Gasteiger partial charge in [-0.25, -0.2) is 4.98 Å². The lowest BCUT2D eigenvalue weighted by molar-refractivity contribution is 0.560. The van der Waals surface area contributed by atoms with Gasteiger partial charge in [0.1, 0.15) is 5.82 Å². The summed E-state index contributed by atoms with van der Waals surface area (Å²) in [5, 5.41) is 1.01. The second kappa shape index (κ2) is 4.23. The largest absolute Gasteiger partial charge is 0.396 e. The van der Waals surface area contributed by atoms with E-state index in [-0.39, 0.29) is 0 Å². The minimum absolute atomic E-state index is 0.795. The van der Waals surface area contributed by atoms with E-state index in [1.165, 1.54) is 0 Å². The molecule has 2 N–H and O–H groups in total. The highest BCUT2D eigenvalue weighted by Gasteiger charge is 2.19. The third kappa shape index (κ3) is 1.63. The smallest absolute Gasteiger partial charge is 0.128 e. The predicted molar refractivity (Wildman–Crippen MR) is 79.4 cm³/mol. The second-order valence-electron chi connectivity index (χ2n) is 5.03. The van der Waals surface area contributed by atoms with Crippen LogP contribution in [-0.4, -0.2) is 21.1 Å². The Morgan fingerprint density at radius 3 is 2.95 bits per heavy atom. The highest BCUT2D eigenvalue weighted by Crippen LogP contribution is 2.32. The van der Waals surface area contributed by atoms with Crippen LogP contribution in [0.2, 0.25) is 0 Å². The molecule has 1 aliphatic rings. The lowest BCUT2D eigenvalue weighted by atomic mass is 10.1. The summed E-state index contributed by atoms with van der Waals surface area (Å²) in [6.45, 7) is 2.68. The van der Waals surface area contributed by atoms with Crippen molar-refractivity contribution in [3.63, 3.8) is 0 Å². The number of rotatable bonds is 1. The first-order valence-electron chi connectivity index (χ1n) is 6.71. The molecule has 0 saturated heterocycles. The first-order valence-corrected chi connectivity index (χ1v) is 6.71. The van der Waals surface area contributed by atoms with E-state index in [2.05, 4.69) is 25.5 Å². The summed E-state index contributed by atoms with van der Waals surface area (Å²) in [5.74, 6) is 1.09. The topological polar surface area (TPSA) is 60.0 Å². The number of nitrogens with two attached hydrogens (primary N) is 1. The van der Waals surface area contributed by atoms with E-state index in [0.29, 0.717) is 0 Å². The molecule has 100 valence electrons. The number of imidazole rings is 1. The molecule has 0 aliphatic carbocycles. The Hall–Kier alpha value is -2.56. The van der Waals surface area contributed by atoms with E-state index in [0.717, 1.165) is 47.7 Å². The minimum Gasteiger partial charge on any atom is -0.396 e. The van der Waals surface area contributed by atoms with Gasteiger partial charge in [0.15, 0.2) is 0 Å². The average Bonchev–Trinajstić information content (AvgIpc) is 2.95. The Morgan fingerprint density at radius 1 is 1.05 bits per heavy atom. The predicted octanol–water partition coefficient (Wildman–Crippen LogP) is 2.03. The van der Waals surface area contributed by atoms with E-state index in [1.54, 1.807) is 6.20 Å². The van der Waals surface area contributed by atoms with Crippen LogP contribution in [-0.2, 0) is 13.1 Å². The fourth-order valence-electron chi connectivity index (χ4n) is 2.82. The molecule has 2 aromatic heterocycles. The maximum atomic E-state index is 6.34. The molecule has 5 nitrogen and oxygen atoms in total. The Bertz CT molecular complexity index is 777. The molecule has 1 aromatic carbocycles. The molecular weight excluding hydrogens is 250 g/mol. The van der Waals surface area contributed by atoms with Gasteiger partial charge in [0, 0.05) is 37.1 Å². The van der Waals surface area contributed by atoms with Gasteiger partial charge >= 0.3 is 0 Å². The number of fused-ring (bicyclic) bond motifs is 2. The molecule has 0 unspecified atom stereocenters. The number of benzene rings is 1. The number of aromatic nitrogens is 3. The van der Waals surface area contributed by atoms with Gasteiger partial charge in [-0.2, -0.15) is 0 Å². The third-order valence-corrected chi connectivity index (χ3v) is 3.89. The van der Waals surface area contributed by atoms with Crippen molar-refractivity contribution in [3.05, 3.63) is 48.7 Å². The van der Waals surface area contributed by atoms with Crippen molar-refractivity contribution in [2.45, 2.75) is 13.1 Å². The van der Waals surface area contributed by atoms with Crippen LogP contribution in [0.5, 0.6) is 0 Å². The molecule has 0 bridgehead atoms. The van der Waals surface area contributed by atoms with Crippen molar-refractivity contribution in [3.8, 4) is 0 Å². The molecule has 0 spiro atoms. The first-order chi connectivity index (χ1) is 9.83. The number of pyridine rings is 1. The second-order valence-corrected chi connectivity index (χ2v) is 5.03. The van der Waals surface area contributed by atoms with Crippen LogP contribution in [0.4, 0.5) is 11.4 Å². The van der Waals surface area contributed by atoms with Crippen molar-refractivity contribution in [1.82, 2.24) is 14.5 Å². The zero-order chi connectivity index (χ0) is 13.5. The Morgan fingerprint density at radius 2 is 2.00 bits per heavy atom. The zero-order valence-corrected chi connectivity index (χ0v) is 11.0. The van der Waals surface area contributed by atoms with E-state index in [4.69, 9.17) is 5.73 Å². The molecule has 0 fully saturated rings. The standard InChI is InChI=1S/C15H15N5/c16-15-11-2-1-5-17-12(11)3-4-13(15)20-9-8-19-7-6-18-14(19)10-20/h1-7H,8-10,16H2. The van der Waals surface area contributed by atoms with Gasteiger partial charge in [0.2, 0.25) is 0 Å². The van der Waals surface area contributed by atoms with Crippen LogP contribution < -0.4 is 10.6 Å². The van der Waals surface area contributed by atoms with Gasteiger partial charge in [-0.3, -0.25) is 4.98 Å². The minimum atomic E-state index is 0.795. The van der Waals surface area contributed by atoms with Crippen LogP contribution in [0.25, 0.3) is 10.9 Å². The van der Waals surface area contributed by atoms with E-state index < -0.39 is 0 Å². The zero-order valence-electron chi connectivity index (χ0n) is 11.0. The van der Waals surface area contributed by atoms with Crippen LogP contribution >= 0.6 is 0 Å². The fraction of sp³-hybridized carbons (Fsp3) is 0.200. The highest BCUT2D eigenvalue weighted by molar-refractivity contribution is 5.97. The molecule has 3 heterocycles. The molecule has 5 heteroatoms. The van der Waals surface area contributed by atoms with E-state index in [9.17, 15) is 0 Å². The molecule has 20 heavy (non-hydrogen) atoms. The molecular formula is C15H15N5. The number of hydrogen-bond donors (Lipinski definition) is 1. The molecule has 0 amide bonds. The summed E-state index contributed by atoms with van der Waals surface area (Å²) in [7, 11) is 0. The number of nitrogen functional groups attached to an aromatic ring is 1. The monoisotopic (exact) mass is 265 g/mol. The summed E-state index contributed by atoms with van der Waals surface area (Å²) >= 11 is 0. The molecule has 1 aliphatic heterocycles. The van der Waals surface area contributed by atoms with Crippen LogP contribution in [0.3, 0.4) is 0 Å². The summed E-state index contributed by atoms with van der Waals surface area (Å²) < 4.78 is 2.19. The summed E-state index contributed by atoms with van der Waals surface area (Å²) in [5.41, 5.74) is 9.14. The summed E-state index contributed by atoms with van der Waals surface area (Å²) in [6.07, 6.45) is 5.67. The van der Waals surface area contributed by atoms with Crippen LogP contribution in [0.15, 0.2) is 42.9 Å². The summed E-state index contributed by atoms with van der Waals surface area (Å²) in [6, 6.07) is 8.03. The van der Waals surface area contributed by atoms with Gasteiger partial charge in [-0.05, 0) is 24.3 Å². The normalized spacial score (nSPS) is 14.5. The molecule has 0 atom stereocenters. The maximum absolute atomic E-state index is 6.34. The fourth-order valence-corrected chi connectivity index (χ4v) is 2.82. The van der Waals surface area contributed by atoms with Gasteiger partial charge in [0.05, 0.1) is 23.4 Å². The average molecular weight is 265 g/mol. The van der Waals surface area contributed by atoms with Gasteiger partial charge in [-0.1, -0.05) is 0 Å². The Labute approximate surface area is 116 Å². The van der Waals surface area contributed by atoms with Crippen molar-refractivity contribution < 1.29 is 0 Å². The van der Waals surface area contributed by atoms with Crippen molar-refractivity contribution in [2.24, 2.45) is 0 Å². The molecule has 0 radical (unpaired) electrons. The van der Waals surface area contributed by atoms with Crippen LogP contribution in [0, 0.1) is 0 Å². The quantitative estimate of drug-likeness (QED) is 0.684. The molecule has 3 aromatic rings. The highest BCUT2D eigenvalue weighted by atomic mass is 15.2. The van der Waals surface area contributed by atoms with Crippen molar-refractivity contribution in [2.75, 3.05) is 17.2 Å². The van der Waals surface area contributed by atoms with Crippen LogP contribution in [0.1, 0.15) is 5.82 Å². The van der Waals surface area contributed by atoms with Gasteiger partial charge < -0.3 is 15.2 Å². The van der Waals surface area contributed by atoms with Gasteiger partial charge in [-0.15, -0.1) is 0 Å². The molecule has 4 rings (SSSR count).